The van der Waals surface area contributed by atoms with Crippen LogP contribution in [0.3, 0.4) is 0 Å². The largest absolute Gasteiger partial charge is 0.350 e. The Balaban J connectivity index is 1.74. The molecule has 0 spiro atoms. The molecule has 1 aromatic carbocycles. The fraction of sp³-hybridized carbons (Fsp3) is 0.312. The van der Waals surface area contributed by atoms with E-state index in [1.165, 1.54) is 11.3 Å². The summed E-state index contributed by atoms with van der Waals surface area (Å²) in [6.07, 6.45) is 5.72. The molecule has 0 saturated heterocycles. The van der Waals surface area contributed by atoms with Crippen LogP contribution in [-0.2, 0) is 19.4 Å². The Morgan fingerprint density at radius 1 is 1.11 bits per heavy atom. The third-order valence-electron chi connectivity index (χ3n) is 3.75. The van der Waals surface area contributed by atoms with Crippen LogP contribution in [0.15, 0.2) is 36.5 Å². The summed E-state index contributed by atoms with van der Waals surface area (Å²) in [6, 6.07) is 9.93. The number of nitrogens with zero attached hydrogens (tertiary/aromatic N) is 1. The standard InChI is InChI=1S/C16H16ClNO/c17-13-6-4-12(5-7-13)8-10-18-11-9-14-15(18)2-1-3-16(14)19/h4-7,9,11H,1-3,8,10H2. The van der Waals surface area contributed by atoms with Crippen molar-refractivity contribution in [3.8, 4) is 0 Å². The van der Waals surface area contributed by atoms with E-state index in [0.29, 0.717) is 12.2 Å². The number of fused-ring (bicyclic) bond motifs is 1. The van der Waals surface area contributed by atoms with Crippen molar-refractivity contribution in [1.82, 2.24) is 4.57 Å². The van der Waals surface area contributed by atoms with Gasteiger partial charge in [0, 0.05) is 35.4 Å². The number of benzene rings is 1. The van der Waals surface area contributed by atoms with E-state index in [1.807, 2.05) is 24.4 Å². The average molecular weight is 274 g/mol. The van der Waals surface area contributed by atoms with E-state index in [-0.39, 0.29) is 0 Å². The van der Waals surface area contributed by atoms with Gasteiger partial charge in [0.15, 0.2) is 5.78 Å². The molecule has 1 heterocycles. The molecule has 0 amide bonds. The van der Waals surface area contributed by atoms with Crippen molar-refractivity contribution in [2.24, 2.45) is 0 Å². The molecule has 0 saturated carbocycles. The van der Waals surface area contributed by atoms with Crippen LogP contribution in [0.1, 0.15) is 34.5 Å². The van der Waals surface area contributed by atoms with Gasteiger partial charge in [-0.3, -0.25) is 4.79 Å². The molecule has 0 unspecified atom stereocenters. The summed E-state index contributed by atoms with van der Waals surface area (Å²) < 4.78 is 2.22. The summed E-state index contributed by atoms with van der Waals surface area (Å²) >= 11 is 5.88. The van der Waals surface area contributed by atoms with Gasteiger partial charge in [0.2, 0.25) is 0 Å². The first-order chi connectivity index (χ1) is 9.24. The van der Waals surface area contributed by atoms with Crippen molar-refractivity contribution in [1.29, 1.82) is 0 Å². The highest BCUT2D eigenvalue weighted by Crippen LogP contribution is 2.22. The van der Waals surface area contributed by atoms with Crippen LogP contribution in [0.2, 0.25) is 5.02 Å². The highest BCUT2D eigenvalue weighted by atomic mass is 35.5. The third-order valence-corrected chi connectivity index (χ3v) is 4.00. The number of carbonyl (C=O) groups excluding carboxylic acids is 1. The summed E-state index contributed by atoms with van der Waals surface area (Å²) in [6.45, 7) is 0.921. The monoisotopic (exact) mass is 273 g/mol. The molecule has 3 rings (SSSR count). The van der Waals surface area contributed by atoms with E-state index < -0.39 is 0 Å². The minimum atomic E-state index is 0.298. The molecule has 0 bridgehead atoms. The minimum absolute atomic E-state index is 0.298. The van der Waals surface area contributed by atoms with Gasteiger partial charge in [-0.25, -0.2) is 0 Å². The predicted molar refractivity (Wildman–Crippen MR) is 76.9 cm³/mol. The van der Waals surface area contributed by atoms with E-state index in [9.17, 15) is 4.79 Å². The molecule has 3 heteroatoms. The SMILES string of the molecule is O=C1CCCc2c1ccn2CCc1ccc(Cl)cc1. The first-order valence-corrected chi connectivity index (χ1v) is 7.07. The maximum absolute atomic E-state index is 11.8. The number of hydrogen-bond acceptors (Lipinski definition) is 1. The Morgan fingerprint density at radius 2 is 1.89 bits per heavy atom. The maximum Gasteiger partial charge on any atom is 0.164 e. The fourth-order valence-electron chi connectivity index (χ4n) is 2.70. The van der Waals surface area contributed by atoms with Gasteiger partial charge in [-0.05, 0) is 43.0 Å². The predicted octanol–water partition coefficient (Wildman–Crippen LogP) is 3.90. The molecular formula is C16H16ClNO. The second-order valence-electron chi connectivity index (χ2n) is 5.02. The smallest absolute Gasteiger partial charge is 0.164 e. The number of ketones is 1. The lowest BCUT2D eigenvalue weighted by Crippen LogP contribution is -2.13. The molecule has 98 valence electrons. The van der Waals surface area contributed by atoms with Crippen LogP contribution in [0.5, 0.6) is 0 Å². The van der Waals surface area contributed by atoms with Crippen LogP contribution in [0.25, 0.3) is 0 Å². The van der Waals surface area contributed by atoms with Gasteiger partial charge < -0.3 is 4.57 Å². The highest BCUT2D eigenvalue weighted by molar-refractivity contribution is 6.30. The average Bonchev–Trinajstić information content (AvgIpc) is 2.83. The number of rotatable bonds is 3. The number of aromatic nitrogens is 1. The Morgan fingerprint density at radius 3 is 2.68 bits per heavy atom. The summed E-state index contributed by atoms with van der Waals surface area (Å²) in [7, 11) is 0. The molecule has 1 aliphatic rings. The summed E-state index contributed by atoms with van der Waals surface area (Å²) in [5.74, 6) is 0.298. The van der Waals surface area contributed by atoms with Gasteiger partial charge in [-0.1, -0.05) is 23.7 Å². The van der Waals surface area contributed by atoms with Crippen molar-refractivity contribution in [2.45, 2.75) is 32.2 Å². The van der Waals surface area contributed by atoms with E-state index in [0.717, 1.165) is 36.4 Å². The van der Waals surface area contributed by atoms with Crippen LogP contribution in [0.4, 0.5) is 0 Å². The molecule has 1 aliphatic carbocycles. The lowest BCUT2D eigenvalue weighted by molar-refractivity contribution is 0.0972. The van der Waals surface area contributed by atoms with E-state index >= 15 is 0 Å². The summed E-state index contributed by atoms with van der Waals surface area (Å²) in [4.78, 5) is 11.8. The van der Waals surface area contributed by atoms with Crippen molar-refractivity contribution >= 4 is 17.4 Å². The Bertz CT molecular complexity index is 598. The molecule has 1 aromatic heterocycles. The van der Waals surface area contributed by atoms with E-state index in [4.69, 9.17) is 11.6 Å². The molecule has 2 aromatic rings. The van der Waals surface area contributed by atoms with Gasteiger partial charge >= 0.3 is 0 Å². The molecule has 2 nitrogen and oxygen atoms in total. The second kappa shape index (κ2) is 5.22. The van der Waals surface area contributed by atoms with Gasteiger partial charge in [0.05, 0.1) is 0 Å². The topological polar surface area (TPSA) is 22.0 Å². The first kappa shape index (κ1) is 12.5. The van der Waals surface area contributed by atoms with Crippen molar-refractivity contribution in [3.05, 3.63) is 58.4 Å². The molecule has 0 fully saturated rings. The summed E-state index contributed by atoms with van der Waals surface area (Å²) in [5, 5.41) is 0.771. The highest BCUT2D eigenvalue weighted by Gasteiger charge is 2.20. The van der Waals surface area contributed by atoms with Crippen LogP contribution in [0, 0.1) is 0 Å². The molecule has 19 heavy (non-hydrogen) atoms. The number of aryl methyl sites for hydroxylation is 2. The van der Waals surface area contributed by atoms with Gasteiger partial charge in [0.25, 0.3) is 0 Å². The zero-order valence-electron chi connectivity index (χ0n) is 10.7. The quantitative estimate of drug-likeness (QED) is 0.831. The number of carbonyl (C=O) groups is 1. The van der Waals surface area contributed by atoms with Gasteiger partial charge in [-0.15, -0.1) is 0 Å². The molecule has 0 radical (unpaired) electrons. The number of Topliss-reactive ketones (excluding diaryl/α,β-unsaturated/α-hetero) is 1. The zero-order valence-corrected chi connectivity index (χ0v) is 11.5. The van der Waals surface area contributed by atoms with E-state index in [1.54, 1.807) is 0 Å². The Labute approximate surface area is 118 Å². The summed E-state index contributed by atoms with van der Waals surface area (Å²) in [5.41, 5.74) is 3.42. The van der Waals surface area contributed by atoms with Crippen molar-refractivity contribution < 1.29 is 4.79 Å². The maximum atomic E-state index is 11.8. The van der Waals surface area contributed by atoms with E-state index in [2.05, 4.69) is 16.7 Å². The molecule has 0 aliphatic heterocycles. The lowest BCUT2D eigenvalue weighted by Gasteiger charge is -2.15. The number of halogens is 1. The Hall–Kier alpha value is -1.54. The van der Waals surface area contributed by atoms with Crippen LogP contribution >= 0.6 is 11.6 Å². The van der Waals surface area contributed by atoms with Gasteiger partial charge in [0.1, 0.15) is 0 Å². The molecular weight excluding hydrogens is 258 g/mol. The fourth-order valence-corrected chi connectivity index (χ4v) is 2.82. The van der Waals surface area contributed by atoms with Gasteiger partial charge in [-0.2, -0.15) is 0 Å². The zero-order chi connectivity index (χ0) is 13.2. The third kappa shape index (κ3) is 2.59. The Kier molecular flexibility index (Phi) is 3.43. The lowest BCUT2D eigenvalue weighted by atomic mass is 9.97. The normalized spacial score (nSPS) is 14.5. The molecule has 0 atom stereocenters. The van der Waals surface area contributed by atoms with Crippen LogP contribution in [-0.4, -0.2) is 10.4 Å². The first-order valence-electron chi connectivity index (χ1n) is 6.70. The minimum Gasteiger partial charge on any atom is -0.350 e. The molecule has 0 N–H and O–H groups in total. The van der Waals surface area contributed by atoms with Crippen LogP contribution < -0.4 is 0 Å². The van der Waals surface area contributed by atoms with Crippen molar-refractivity contribution in [3.63, 3.8) is 0 Å². The van der Waals surface area contributed by atoms with Crippen molar-refractivity contribution in [2.75, 3.05) is 0 Å². The number of hydrogen-bond donors (Lipinski definition) is 0. The second-order valence-corrected chi connectivity index (χ2v) is 5.46.